The van der Waals surface area contributed by atoms with Crippen LogP contribution in [0.25, 0.3) is 111 Å². The number of pyridine rings is 2. The summed E-state index contributed by atoms with van der Waals surface area (Å²) in [5.41, 5.74) is 7.70. The van der Waals surface area contributed by atoms with Crippen LogP contribution in [0, 0.1) is 40.4 Å². The Kier molecular flexibility index (Phi) is 9.74. The van der Waals surface area contributed by atoms with Crippen molar-refractivity contribution in [3.63, 3.8) is 0 Å². The Labute approximate surface area is 390 Å². The van der Waals surface area contributed by atoms with Gasteiger partial charge in [0.15, 0.2) is 23.3 Å². The molecule has 12 rings (SSSR count). The molecule has 10 heteroatoms. The van der Waals surface area contributed by atoms with E-state index in [2.05, 4.69) is 6.07 Å². The average Bonchev–Trinajstić information content (AvgIpc) is 3.92. The summed E-state index contributed by atoms with van der Waals surface area (Å²) in [4.78, 5) is 9.51. The number of aromatic nitrogens is 4. The van der Waals surface area contributed by atoms with Gasteiger partial charge in [-0.25, -0.2) is 22.0 Å². The highest BCUT2D eigenvalue weighted by molar-refractivity contribution is 6.12. The largest absolute Gasteiger partial charge is 0.308 e. The Bertz CT molecular complexity index is 4030. The van der Waals surface area contributed by atoms with Gasteiger partial charge in [0.25, 0.3) is 0 Å². The standard InChI is InChI=1S/C59H32F5N5/c60-54-53(55(61)57(63)58(64)56(54)62)44-25-28-50(68-48-17-9-7-15-40(48)42-23-19-36(29-51(42)68)38-21-26-46(66-32-38)34-11-3-1-4-12-34)45(31-65)59(44)69-49-18-10-8-16-41(49)43-24-20-37(30-52(43)69)39-22-27-47(67-33-39)35-13-5-2-6-14-35/h1-30,32-33H. The van der Waals surface area contributed by atoms with E-state index < -0.39 is 34.6 Å². The molecule has 4 heterocycles. The predicted molar refractivity (Wildman–Crippen MR) is 262 cm³/mol. The summed E-state index contributed by atoms with van der Waals surface area (Å²) in [7, 11) is 0. The maximum Gasteiger partial charge on any atom is 0.200 e. The van der Waals surface area contributed by atoms with Gasteiger partial charge in [-0.3, -0.25) is 9.97 Å². The van der Waals surface area contributed by atoms with Gasteiger partial charge in [-0.2, -0.15) is 5.26 Å². The molecule has 0 aliphatic rings. The first kappa shape index (κ1) is 41.2. The summed E-state index contributed by atoms with van der Waals surface area (Å²) >= 11 is 0. The minimum absolute atomic E-state index is 0.0816. The van der Waals surface area contributed by atoms with Gasteiger partial charge in [-0.05, 0) is 59.7 Å². The summed E-state index contributed by atoms with van der Waals surface area (Å²) in [6.45, 7) is 0. The van der Waals surface area contributed by atoms with Gasteiger partial charge in [-0.15, -0.1) is 0 Å². The SMILES string of the molecule is N#Cc1c(-n2c3ccccc3c3ccc(-c4ccc(-c5ccccc5)nc4)cc32)ccc(-c2c(F)c(F)c(F)c(F)c2F)c1-n1c2ccccc2c2ccc(-c3ccc(-c4ccccc4)nc3)cc21. The third-order valence-electron chi connectivity index (χ3n) is 12.9. The van der Waals surface area contributed by atoms with Gasteiger partial charge < -0.3 is 9.13 Å². The molecule has 0 N–H and O–H groups in total. The number of fused-ring (bicyclic) bond motifs is 6. The molecular weight excluding hydrogens is 874 g/mol. The lowest BCUT2D eigenvalue weighted by Crippen LogP contribution is -2.10. The second-order valence-corrected chi connectivity index (χ2v) is 16.7. The van der Waals surface area contributed by atoms with Gasteiger partial charge >= 0.3 is 0 Å². The zero-order chi connectivity index (χ0) is 46.9. The Morgan fingerprint density at radius 2 is 0.812 bits per heavy atom. The van der Waals surface area contributed by atoms with E-state index >= 15 is 17.6 Å². The van der Waals surface area contributed by atoms with E-state index in [4.69, 9.17) is 9.97 Å². The molecule has 4 aromatic heterocycles. The van der Waals surface area contributed by atoms with E-state index in [0.717, 1.165) is 60.9 Å². The van der Waals surface area contributed by atoms with Gasteiger partial charge in [0, 0.05) is 61.8 Å². The molecule has 0 aliphatic heterocycles. The Balaban J connectivity index is 1.14. The van der Waals surface area contributed by atoms with Gasteiger partial charge in [0.1, 0.15) is 11.6 Å². The smallest absolute Gasteiger partial charge is 0.200 e. The summed E-state index contributed by atoms with van der Waals surface area (Å²) < 4.78 is 81.6. The number of rotatable bonds is 7. The van der Waals surface area contributed by atoms with Crippen LogP contribution in [-0.4, -0.2) is 19.1 Å². The molecule has 0 spiro atoms. The molecule has 0 unspecified atom stereocenters. The second kappa shape index (κ2) is 16.3. The number of hydrogen-bond acceptors (Lipinski definition) is 3. The molecule has 0 amide bonds. The zero-order valence-electron chi connectivity index (χ0n) is 36.1. The van der Waals surface area contributed by atoms with Crippen LogP contribution >= 0.6 is 0 Å². The number of nitrogens with zero attached hydrogens (tertiary/aromatic N) is 5. The first-order valence-corrected chi connectivity index (χ1v) is 22.0. The van der Waals surface area contributed by atoms with E-state index in [1.165, 1.54) is 12.1 Å². The summed E-state index contributed by atoms with van der Waals surface area (Å²) in [5.74, 6) is -10.5. The minimum atomic E-state index is -2.29. The van der Waals surface area contributed by atoms with Crippen molar-refractivity contribution in [3.05, 3.63) is 229 Å². The number of benzene rings is 8. The molecule has 0 atom stereocenters. The van der Waals surface area contributed by atoms with E-state index in [-0.39, 0.29) is 16.8 Å². The fourth-order valence-electron chi connectivity index (χ4n) is 9.64. The molecule has 5 nitrogen and oxygen atoms in total. The summed E-state index contributed by atoms with van der Waals surface area (Å²) in [5, 5.41) is 14.7. The van der Waals surface area contributed by atoms with Crippen LogP contribution in [0.1, 0.15) is 5.56 Å². The fraction of sp³-hybridized carbons (Fsp3) is 0. The lowest BCUT2D eigenvalue weighted by atomic mass is 9.96. The molecule has 8 aromatic carbocycles. The quantitative estimate of drug-likeness (QED) is 0.0909. The van der Waals surface area contributed by atoms with E-state index in [9.17, 15) is 9.65 Å². The lowest BCUT2D eigenvalue weighted by molar-refractivity contribution is 0.381. The number of nitriles is 1. The van der Waals surface area contributed by atoms with Crippen LogP contribution in [0.3, 0.4) is 0 Å². The predicted octanol–water partition coefficient (Wildman–Crippen LogP) is 15.6. The van der Waals surface area contributed by atoms with Crippen LogP contribution < -0.4 is 0 Å². The first-order valence-electron chi connectivity index (χ1n) is 22.0. The Hall–Kier alpha value is -9.20. The van der Waals surface area contributed by atoms with Crippen molar-refractivity contribution in [2.24, 2.45) is 0 Å². The van der Waals surface area contributed by atoms with Gasteiger partial charge in [0.2, 0.25) is 5.82 Å². The monoisotopic (exact) mass is 905 g/mol. The highest BCUT2D eigenvalue weighted by Gasteiger charge is 2.32. The lowest BCUT2D eigenvalue weighted by Gasteiger charge is -2.21. The van der Waals surface area contributed by atoms with Crippen LogP contribution in [0.5, 0.6) is 0 Å². The van der Waals surface area contributed by atoms with Gasteiger partial charge in [0.05, 0.1) is 50.4 Å². The van der Waals surface area contributed by atoms with E-state index in [1.54, 1.807) is 29.1 Å². The van der Waals surface area contributed by atoms with Crippen molar-refractivity contribution in [1.29, 1.82) is 5.26 Å². The maximum atomic E-state index is 16.3. The highest BCUT2D eigenvalue weighted by atomic mass is 19.2. The van der Waals surface area contributed by atoms with Crippen molar-refractivity contribution in [1.82, 2.24) is 19.1 Å². The molecule has 0 bridgehead atoms. The van der Waals surface area contributed by atoms with E-state index in [1.807, 2.05) is 162 Å². The van der Waals surface area contributed by atoms with Crippen LogP contribution in [-0.2, 0) is 0 Å². The topological polar surface area (TPSA) is 59.4 Å². The third-order valence-corrected chi connectivity index (χ3v) is 12.9. The summed E-state index contributed by atoms with van der Waals surface area (Å²) in [6, 6.07) is 59.3. The van der Waals surface area contributed by atoms with Crippen molar-refractivity contribution in [3.8, 4) is 73.3 Å². The van der Waals surface area contributed by atoms with Crippen LogP contribution in [0.4, 0.5) is 22.0 Å². The van der Waals surface area contributed by atoms with Crippen molar-refractivity contribution in [2.45, 2.75) is 0 Å². The van der Waals surface area contributed by atoms with Crippen molar-refractivity contribution < 1.29 is 22.0 Å². The average molecular weight is 906 g/mol. The third kappa shape index (κ3) is 6.58. The van der Waals surface area contributed by atoms with Crippen LogP contribution in [0.15, 0.2) is 194 Å². The fourth-order valence-corrected chi connectivity index (χ4v) is 9.64. The maximum absolute atomic E-state index is 16.3. The molecule has 0 saturated heterocycles. The Morgan fingerprint density at radius 3 is 1.30 bits per heavy atom. The number of para-hydroxylation sites is 2. The van der Waals surface area contributed by atoms with Crippen LogP contribution in [0.2, 0.25) is 0 Å². The molecule has 0 fully saturated rings. The molecule has 69 heavy (non-hydrogen) atoms. The summed E-state index contributed by atoms with van der Waals surface area (Å²) in [6.07, 6.45) is 3.56. The molecule has 12 aromatic rings. The molecular formula is C59H32F5N5. The molecule has 0 saturated carbocycles. The molecule has 0 aliphatic carbocycles. The number of hydrogen-bond donors (Lipinski definition) is 0. The zero-order valence-corrected chi connectivity index (χ0v) is 36.1. The first-order chi connectivity index (χ1) is 33.8. The molecule has 0 radical (unpaired) electrons. The van der Waals surface area contributed by atoms with Crippen molar-refractivity contribution in [2.75, 3.05) is 0 Å². The minimum Gasteiger partial charge on any atom is -0.308 e. The van der Waals surface area contributed by atoms with Gasteiger partial charge in [-0.1, -0.05) is 133 Å². The van der Waals surface area contributed by atoms with E-state index in [0.29, 0.717) is 33.1 Å². The number of halogens is 5. The second-order valence-electron chi connectivity index (χ2n) is 16.7. The molecule has 328 valence electrons. The Morgan fingerprint density at radius 1 is 0.377 bits per heavy atom. The van der Waals surface area contributed by atoms with Crippen molar-refractivity contribution >= 4 is 43.6 Å². The normalized spacial score (nSPS) is 11.5. The highest BCUT2D eigenvalue weighted by Crippen LogP contribution is 2.45.